The highest BCUT2D eigenvalue weighted by molar-refractivity contribution is 5.71. The molecular weight excluding hydrogens is 905 g/mol. The number of carbonyl (C=O) groups excluding carboxylic acids is 1. The van der Waals surface area contributed by atoms with E-state index >= 15 is 0 Å². The fraction of sp³-hybridized carbons (Fsp3) is 0.387. The van der Waals surface area contributed by atoms with Gasteiger partial charge >= 0.3 is 11.9 Å². The highest BCUT2D eigenvalue weighted by Crippen LogP contribution is 2.60. The third-order valence-corrected chi connectivity index (χ3v) is 16.2. The van der Waals surface area contributed by atoms with Gasteiger partial charge < -0.3 is 39.7 Å². The van der Waals surface area contributed by atoms with Gasteiger partial charge in [-0.05, 0) is 232 Å². The molecule has 5 N–H and O–H groups in total. The molecule has 0 atom stereocenters. The van der Waals surface area contributed by atoms with Gasteiger partial charge in [0.05, 0.1) is 6.61 Å². The number of hydrogen-bond acceptors (Lipinski definition) is 9. The largest absolute Gasteiger partial charge is 0.508 e. The molecule has 4 bridgehead atoms. The molecule has 10 nitrogen and oxygen atoms in total. The molecule has 0 saturated heterocycles. The minimum Gasteiger partial charge on any atom is -0.508 e. The highest BCUT2D eigenvalue weighted by atomic mass is 16.6. The fourth-order valence-electron chi connectivity index (χ4n) is 12.9. The maximum atomic E-state index is 13.8. The van der Waals surface area contributed by atoms with E-state index in [2.05, 4.69) is 6.07 Å². The minimum atomic E-state index is -1.12. The van der Waals surface area contributed by atoms with E-state index in [1.54, 1.807) is 24.3 Å². The smallest absolute Gasteiger partial charge is 0.344 e. The van der Waals surface area contributed by atoms with Gasteiger partial charge in [0.15, 0.2) is 13.2 Å². The Morgan fingerprint density at radius 2 is 0.833 bits per heavy atom. The van der Waals surface area contributed by atoms with E-state index in [1.807, 2.05) is 110 Å². The van der Waals surface area contributed by atoms with Crippen LogP contribution in [0.15, 0.2) is 84.9 Å². The Morgan fingerprint density at radius 3 is 1.18 bits per heavy atom. The Hall–Kier alpha value is -6.94. The molecule has 4 fully saturated rings. The number of carbonyl (C=O) groups is 2. The number of aliphatic carboxylic acids is 1. The molecular formula is C62H68O10. The standard InChI is InChI=1S/C62H68O10/c1-33-17-52(63)37(5)13-46(33)60(47-14-38(6)53(64)18-34(47)2)50-25-41(9-11-56(50)70-30-58(67)68)21-42-10-12-57(71-31-59(69)72-32-62-27-43-22-44(28-62)24-45(23-43)29-62)51(26-42)61(48-15-39(7)54(65)19-35(48)3)49-16-40(8)55(66)20-36(49)4/h9-20,25-26,43-45,60-61,63-66H,21-24,27-32H2,1-8H3,(H,67,68). The number of phenols is 4. The normalized spacial score (nSPS) is 19.0. The lowest BCUT2D eigenvalue weighted by Gasteiger charge is -2.56. The number of aromatic hydroxyl groups is 4. The maximum absolute atomic E-state index is 13.8. The first-order valence-electron chi connectivity index (χ1n) is 25.3. The summed E-state index contributed by atoms with van der Waals surface area (Å²) in [6.45, 7) is 14.8. The molecule has 10 rings (SSSR count). The van der Waals surface area contributed by atoms with Gasteiger partial charge in [0, 0.05) is 28.4 Å². The predicted molar refractivity (Wildman–Crippen MR) is 278 cm³/mol. The van der Waals surface area contributed by atoms with Crippen LogP contribution in [0.2, 0.25) is 0 Å². The topological polar surface area (TPSA) is 163 Å². The van der Waals surface area contributed by atoms with Crippen molar-refractivity contribution in [3.05, 3.63) is 174 Å². The van der Waals surface area contributed by atoms with Gasteiger partial charge in [0.2, 0.25) is 0 Å². The average molecular weight is 973 g/mol. The van der Waals surface area contributed by atoms with Crippen molar-refractivity contribution in [1.82, 2.24) is 0 Å². The van der Waals surface area contributed by atoms with Gasteiger partial charge in [-0.25, -0.2) is 9.59 Å². The number of esters is 1. The number of benzene rings is 6. The molecule has 4 aliphatic rings. The van der Waals surface area contributed by atoms with Crippen molar-refractivity contribution in [1.29, 1.82) is 0 Å². The molecule has 72 heavy (non-hydrogen) atoms. The number of carboxylic acid groups (broad SMARTS) is 1. The second-order valence-corrected chi connectivity index (χ2v) is 21.8. The molecule has 0 heterocycles. The summed E-state index contributed by atoms with van der Waals surface area (Å²) in [4.78, 5) is 25.8. The van der Waals surface area contributed by atoms with E-state index in [0.717, 1.165) is 98.2 Å². The minimum absolute atomic E-state index is 0.0644. The Labute approximate surface area is 423 Å². The molecule has 10 heteroatoms. The highest BCUT2D eigenvalue weighted by Gasteiger charge is 2.51. The SMILES string of the molecule is Cc1cc(C(c2cc(C)c(O)cc2C)c2cc(Cc3ccc(OCC(=O)OCC45CC6CC(CC(C6)C4)C5)c(C(c4cc(C)c(O)cc4C)c4cc(C)c(O)cc4C)c3)ccc2OCC(=O)O)c(C)cc1O. The fourth-order valence-corrected chi connectivity index (χ4v) is 12.9. The van der Waals surface area contributed by atoms with Crippen molar-refractivity contribution in [2.75, 3.05) is 19.8 Å². The van der Waals surface area contributed by atoms with Crippen molar-refractivity contribution in [2.24, 2.45) is 23.2 Å². The summed E-state index contributed by atoms with van der Waals surface area (Å²) in [5.74, 6) is 1.30. The first-order valence-corrected chi connectivity index (χ1v) is 25.3. The summed E-state index contributed by atoms with van der Waals surface area (Å²) in [6.07, 6.45) is 7.74. The van der Waals surface area contributed by atoms with Crippen LogP contribution < -0.4 is 9.47 Å². The molecule has 0 unspecified atom stereocenters. The third kappa shape index (κ3) is 10.2. The van der Waals surface area contributed by atoms with Gasteiger partial charge in [-0.2, -0.15) is 0 Å². The van der Waals surface area contributed by atoms with Crippen LogP contribution >= 0.6 is 0 Å². The molecule has 0 aliphatic heterocycles. The molecule has 4 aliphatic carbocycles. The Morgan fingerprint density at radius 1 is 0.486 bits per heavy atom. The molecule has 0 radical (unpaired) electrons. The number of phenolic OH excluding ortho intramolecular Hbond substituents is 4. The van der Waals surface area contributed by atoms with Gasteiger partial charge in [0.1, 0.15) is 34.5 Å². The van der Waals surface area contributed by atoms with Crippen LogP contribution in [0.5, 0.6) is 34.5 Å². The van der Waals surface area contributed by atoms with Crippen molar-refractivity contribution < 1.29 is 49.3 Å². The predicted octanol–water partition coefficient (Wildman–Crippen LogP) is 12.5. The van der Waals surface area contributed by atoms with Crippen LogP contribution in [0.1, 0.15) is 139 Å². The van der Waals surface area contributed by atoms with E-state index in [0.29, 0.717) is 52.3 Å². The van der Waals surface area contributed by atoms with Gasteiger partial charge in [-0.3, -0.25) is 0 Å². The number of ether oxygens (including phenoxy) is 3. The first kappa shape index (κ1) is 50.0. The van der Waals surface area contributed by atoms with Gasteiger partial charge in [-0.15, -0.1) is 0 Å². The van der Waals surface area contributed by atoms with Crippen LogP contribution in [0, 0.1) is 78.6 Å². The average Bonchev–Trinajstić information content (AvgIpc) is 3.31. The Kier molecular flexibility index (Phi) is 13.8. The monoisotopic (exact) mass is 972 g/mol. The third-order valence-electron chi connectivity index (χ3n) is 16.2. The summed E-state index contributed by atoms with van der Waals surface area (Å²) in [5.41, 5.74) is 13.1. The number of aryl methyl sites for hydroxylation is 8. The van der Waals surface area contributed by atoms with Crippen molar-refractivity contribution in [3.63, 3.8) is 0 Å². The molecule has 4 saturated carbocycles. The summed E-state index contributed by atoms with van der Waals surface area (Å²) < 4.78 is 18.8. The lowest BCUT2D eigenvalue weighted by molar-refractivity contribution is -0.157. The summed E-state index contributed by atoms with van der Waals surface area (Å²) in [6, 6.07) is 26.7. The zero-order chi connectivity index (χ0) is 51.3. The van der Waals surface area contributed by atoms with Crippen LogP contribution in [0.4, 0.5) is 0 Å². The van der Waals surface area contributed by atoms with Gasteiger partial charge in [0.25, 0.3) is 0 Å². The van der Waals surface area contributed by atoms with E-state index in [-0.39, 0.29) is 35.0 Å². The first-order chi connectivity index (χ1) is 34.2. The van der Waals surface area contributed by atoms with E-state index in [9.17, 15) is 35.1 Å². The van der Waals surface area contributed by atoms with Crippen molar-refractivity contribution in [3.8, 4) is 34.5 Å². The Bertz CT molecular complexity index is 2940. The molecule has 6 aromatic carbocycles. The quantitative estimate of drug-likeness (QED) is 0.0466. The number of hydrogen-bond donors (Lipinski definition) is 5. The molecule has 0 spiro atoms. The zero-order valence-electron chi connectivity index (χ0n) is 42.8. The van der Waals surface area contributed by atoms with Crippen LogP contribution in [-0.2, 0) is 20.7 Å². The Balaban J connectivity index is 1.14. The summed E-state index contributed by atoms with van der Waals surface area (Å²) in [7, 11) is 0. The van der Waals surface area contributed by atoms with Crippen LogP contribution in [0.25, 0.3) is 0 Å². The van der Waals surface area contributed by atoms with Crippen molar-refractivity contribution >= 4 is 11.9 Å². The van der Waals surface area contributed by atoms with E-state index in [1.165, 1.54) is 19.3 Å². The molecule has 376 valence electrons. The van der Waals surface area contributed by atoms with Crippen LogP contribution in [-0.4, -0.2) is 57.3 Å². The second-order valence-electron chi connectivity index (χ2n) is 21.8. The van der Waals surface area contributed by atoms with E-state index < -0.39 is 30.4 Å². The van der Waals surface area contributed by atoms with E-state index in [4.69, 9.17) is 14.2 Å². The maximum Gasteiger partial charge on any atom is 0.344 e. The number of carboxylic acids is 1. The molecule has 0 amide bonds. The second kappa shape index (κ2) is 19.9. The zero-order valence-corrected chi connectivity index (χ0v) is 42.8. The van der Waals surface area contributed by atoms with Crippen molar-refractivity contribution in [2.45, 2.75) is 112 Å². The summed E-state index contributed by atoms with van der Waals surface area (Å²) >= 11 is 0. The lowest BCUT2D eigenvalue weighted by Crippen LogP contribution is -2.48. The van der Waals surface area contributed by atoms with Crippen LogP contribution in [0.3, 0.4) is 0 Å². The van der Waals surface area contributed by atoms with Gasteiger partial charge in [-0.1, -0.05) is 48.5 Å². The summed E-state index contributed by atoms with van der Waals surface area (Å²) in [5, 5.41) is 53.2. The lowest BCUT2D eigenvalue weighted by atomic mass is 9.50. The number of rotatable bonds is 16. The molecule has 0 aromatic heterocycles. The molecule has 6 aromatic rings.